The van der Waals surface area contributed by atoms with Gasteiger partial charge in [-0.25, -0.2) is 0 Å². The first-order valence-electron chi connectivity index (χ1n) is 3.69. The van der Waals surface area contributed by atoms with Crippen molar-refractivity contribution in [2.24, 2.45) is 4.99 Å². The molecule has 5 heteroatoms. The lowest BCUT2D eigenvalue weighted by Gasteiger charge is -2.11. The number of fused-ring (bicyclic) bond motifs is 1. The standard InChI is InChI=1S/C7H7BrN2OS/c8-5-4-10-3-1-2-6(11)9-7(10)12-5/h4H,1-3H2. The van der Waals surface area contributed by atoms with E-state index in [1.54, 1.807) is 0 Å². The Hall–Kier alpha value is -0.290. The van der Waals surface area contributed by atoms with E-state index in [1.807, 2.05) is 11.1 Å². The quantitative estimate of drug-likeness (QED) is 0.655. The highest BCUT2D eigenvalue weighted by molar-refractivity contribution is 9.14. The molecule has 2 aliphatic rings. The van der Waals surface area contributed by atoms with Crippen LogP contribution in [0.1, 0.15) is 12.8 Å². The number of amides is 1. The molecule has 0 saturated carbocycles. The summed E-state index contributed by atoms with van der Waals surface area (Å²) in [4.78, 5) is 17.1. The molecule has 64 valence electrons. The summed E-state index contributed by atoms with van der Waals surface area (Å²) in [5.41, 5.74) is 0. The van der Waals surface area contributed by atoms with Gasteiger partial charge in [0.2, 0.25) is 5.91 Å². The van der Waals surface area contributed by atoms with Gasteiger partial charge in [-0.05, 0) is 34.1 Å². The van der Waals surface area contributed by atoms with Crippen LogP contribution in [0.5, 0.6) is 0 Å². The molecule has 0 saturated heterocycles. The summed E-state index contributed by atoms with van der Waals surface area (Å²) in [6.07, 6.45) is 3.44. The van der Waals surface area contributed by atoms with Crippen LogP contribution in [0.15, 0.2) is 15.0 Å². The third kappa shape index (κ3) is 1.56. The van der Waals surface area contributed by atoms with Gasteiger partial charge in [-0.15, -0.1) is 0 Å². The normalized spacial score (nSPS) is 23.1. The van der Waals surface area contributed by atoms with E-state index in [9.17, 15) is 4.79 Å². The number of thioether (sulfide) groups is 1. The minimum Gasteiger partial charge on any atom is -0.326 e. The van der Waals surface area contributed by atoms with Gasteiger partial charge >= 0.3 is 0 Å². The fourth-order valence-corrected chi connectivity index (χ4v) is 2.60. The summed E-state index contributed by atoms with van der Waals surface area (Å²) in [7, 11) is 0. The van der Waals surface area contributed by atoms with Crippen LogP contribution in [0.25, 0.3) is 0 Å². The number of amidine groups is 1. The molecule has 0 radical (unpaired) electrons. The Bertz CT molecular complexity index is 287. The van der Waals surface area contributed by atoms with Crippen LogP contribution in [-0.4, -0.2) is 22.5 Å². The third-order valence-corrected chi connectivity index (χ3v) is 3.20. The summed E-state index contributed by atoms with van der Waals surface area (Å²) in [5.74, 6) is -0.00407. The van der Waals surface area contributed by atoms with Crippen LogP contribution >= 0.6 is 27.7 Å². The van der Waals surface area contributed by atoms with Crippen molar-refractivity contribution < 1.29 is 4.79 Å². The van der Waals surface area contributed by atoms with E-state index < -0.39 is 0 Å². The zero-order valence-corrected chi connectivity index (χ0v) is 8.69. The molecule has 0 aliphatic carbocycles. The first-order chi connectivity index (χ1) is 5.75. The molecule has 0 aromatic rings. The number of hydrogen-bond acceptors (Lipinski definition) is 3. The molecule has 1 amide bonds. The molecular formula is C7H7BrN2OS. The van der Waals surface area contributed by atoms with Gasteiger partial charge in [0.1, 0.15) is 0 Å². The SMILES string of the molecule is O=C1CCCN2C=C(Br)SC2=N1. The highest BCUT2D eigenvalue weighted by Crippen LogP contribution is 2.33. The second kappa shape index (κ2) is 3.22. The predicted octanol–water partition coefficient (Wildman–Crippen LogP) is 1.91. The van der Waals surface area contributed by atoms with E-state index in [0.717, 1.165) is 21.9 Å². The lowest BCUT2D eigenvalue weighted by molar-refractivity contribution is -0.117. The Balaban J connectivity index is 2.25. The van der Waals surface area contributed by atoms with Crippen LogP contribution in [0, 0.1) is 0 Å². The molecule has 0 aromatic heterocycles. The first kappa shape index (κ1) is 8.31. The van der Waals surface area contributed by atoms with Crippen LogP contribution < -0.4 is 0 Å². The van der Waals surface area contributed by atoms with E-state index in [1.165, 1.54) is 11.8 Å². The fourth-order valence-electron chi connectivity index (χ4n) is 1.16. The van der Waals surface area contributed by atoms with E-state index in [0.29, 0.717) is 6.42 Å². The molecular weight excluding hydrogens is 240 g/mol. The number of hydrogen-bond donors (Lipinski definition) is 0. The molecule has 12 heavy (non-hydrogen) atoms. The third-order valence-electron chi connectivity index (χ3n) is 1.70. The number of aliphatic imine (C=N–C) groups is 1. The van der Waals surface area contributed by atoms with E-state index in [4.69, 9.17) is 0 Å². The van der Waals surface area contributed by atoms with Crippen LogP contribution in [-0.2, 0) is 4.79 Å². The molecule has 0 N–H and O–H groups in total. The summed E-state index contributed by atoms with van der Waals surface area (Å²) in [6.45, 7) is 0.896. The van der Waals surface area contributed by atoms with E-state index in [2.05, 4.69) is 20.9 Å². The molecule has 0 unspecified atom stereocenters. The van der Waals surface area contributed by atoms with Gasteiger partial charge < -0.3 is 4.90 Å². The van der Waals surface area contributed by atoms with Gasteiger partial charge in [-0.3, -0.25) is 4.79 Å². The molecule has 3 nitrogen and oxygen atoms in total. The lowest BCUT2D eigenvalue weighted by atomic mass is 10.3. The van der Waals surface area contributed by atoms with Gasteiger partial charge in [0.25, 0.3) is 0 Å². The molecule has 2 rings (SSSR count). The van der Waals surface area contributed by atoms with Gasteiger partial charge in [0.05, 0.1) is 3.81 Å². The van der Waals surface area contributed by atoms with Crippen molar-refractivity contribution in [3.63, 3.8) is 0 Å². The minimum absolute atomic E-state index is 0.00407. The molecule has 2 heterocycles. The van der Waals surface area contributed by atoms with Crippen LogP contribution in [0.4, 0.5) is 0 Å². The maximum absolute atomic E-state index is 11.1. The summed E-state index contributed by atoms with van der Waals surface area (Å²) >= 11 is 4.86. The predicted molar refractivity (Wildman–Crippen MR) is 53.0 cm³/mol. The Morgan fingerprint density at radius 3 is 3.33 bits per heavy atom. The van der Waals surface area contributed by atoms with Crippen LogP contribution in [0.2, 0.25) is 0 Å². The van der Waals surface area contributed by atoms with Crippen molar-refractivity contribution >= 4 is 38.8 Å². The number of nitrogens with zero attached hydrogens (tertiary/aromatic N) is 2. The highest BCUT2D eigenvalue weighted by atomic mass is 79.9. The Morgan fingerprint density at radius 1 is 1.67 bits per heavy atom. The maximum Gasteiger partial charge on any atom is 0.248 e. The number of rotatable bonds is 0. The van der Waals surface area contributed by atoms with E-state index in [-0.39, 0.29) is 5.91 Å². The average Bonchev–Trinajstić information content (AvgIpc) is 2.23. The molecule has 0 aromatic carbocycles. The summed E-state index contributed by atoms with van der Waals surface area (Å²) in [5, 5.41) is 0.810. The minimum atomic E-state index is -0.00407. The van der Waals surface area contributed by atoms with Crippen molar-refractivity contribution in [3.8, 4) is 0 Å². The zero-order valence-electron chi connectivity index (χ0n) is 6.29. The smallest absolute Gasteiger partial charge is 0.248 e. The summed E-state index contributed by atoms with van der Waals surface area (Å²) < 4.78 is 1.02. The largest absolute Gasteiger partial charge is 0.326 e. The second-order valence-electron chi connectivity index (χ2n) is 2.62. The molecule has 0 bridgehead atoms. The zero-order chi connectivity index (χ0) is 8.55. The molecule has 2 aliphatic heterocycles. The van der Waals surface area contributed by atoms with Gasteiger partial charge in [-0.2, -0.15) is 4.99 Å². The fraction of sp³-hybridized carbons (Fsp3) is 0.429. The number of halogens is 1. The van der Waals surface area contributed by atoms with E-state index >= 15 is 0 Å². The number of carbonyl (C=O) groups is 1. The Kier molecular flexibility index (Phi) is 2.23. The van der Waals surface area contributed by atoms with Crippen LogP contribution in [0.3, 0.4) is 0 Å². The molecule has 0 spiro atoms. The Labute approximate surface area is 83.0 Å². The van der Waals surface area contributed by atoms with Crippen molar-refractivity contribution in [3.05, 3.63) is 10.0 Å². The number of carbonyl (C=O) groups excluding carboxylic acids is 1. The topological polar surface area (TPSA) is 32.7 Å². The van der Waals surface area contributed by atoms with Crippen molar-refractivity contribution in [1.29, 1.82) is 0 Å². The van der Waals surface area contributed by atoms with Gasteiger partial charge in [0, 0.05) is 19.2 Å². The maximum atomic E-state index is 11.1. The molecule has 0 atom stereocenters. The van der Waals surface area contributed by atoms with Crippen molar-refractivity contribution in [1.82, 2.24) is 4.90 Å². The van der Waals surface area contributed by atoms with Crippen molar-refractivity contribution in [2.45, 2.75) is 12.8 Å². The Morgan fingerprint density at radius 2 is 2.50 bits per heavy atom. The first-order valence-corrected chi connectivity index (χ1v) is 5.30. The summed E-state index contributed by atoms with van der Waals surface area (Å²) in [6, 6.07) is 0. The van der Waals surface area contributed by atoms with Gasteiger partial charge in [0.15, 0.2) is 5.17 Å². The average molecular weight is 247 g/mol. The van der Waals surface area contributed by atoms with Gasteiger partial charge in [-0.1, -0.05) is 0 Å². The molecule has 0 fully saturated rings. The van der Waals surface area contributed by atoms with Crippen molar-refractivity contribution in [2.75, 3.05) is 6.54 Å². The lowest BCUT2D eigenvalue weighted by Crippen LogP contribution is -2.18. The monoisotopic (exact) mass is 246 g/mol. The second-order valence-corrected chi connectivity index (χ2v) is 5.01. The highest BCUT2D eigenvalue weighted by Gasteiger charge is 2.22.